The van der Waals surface area contributed by atoms with Crippen molar-refractivity contribution in [1.82, 2.24) is 0 Å². The molecule has 4 nitrogen and oxygen atoms in total. The van der Waals surface area contributed by atoms with Crippen LogP contribution in [0.2, 0.25) is 18.1 Å². The second kappa shape index (κ2) is 8.60. The Balaban J connectivity index is 5.99. The first-order valence-corrected chi connectivity index (χ1v) is 12.8. The van der Waals surface area contributed by atoms with Crippen LogP contribution in [0.3, 0.4) is 0 Å². The van der Waals surface area contributed by atoms with Crippen molar-refractivity contribution in [1.29, 1.82) is 0 Å². The number of carbonyl (C=O) groups excluding carboxylic acids is 1. The van der Waals surface area contributed by atoms with Gasteiger partial charge in [0.25, 0.3) is 0 Å². The first kappa shape index (κ1) is 26.1. The number of carboxylic acids is 1. The van der Waals surface area contributed by atoms with E-state index in [1.54, 1.807) is 0 Å². The quantitative estimate of drug-likeness (QED) is 0.366. The summed E-state index contributed by atoms with van der Waals surface area (Å²) in [6.07, 6.45) is 1.51. The van der Waals surface area contributed by atoms with Gasteiger partial charge in [0.05, 0.1) is 6.10 Å². The molecule has 0 saturated heterocycles. The molecule has 0 aromatic heterocycles. The zero-order valence-corrected chi connectivity index (χ0v) is 20.4. The Morgan fingerprint density at radius 2 is 1.48 bits per heavy atom. The molecule has 0 saturated carbocycles. The van der Waals surface area contributed by atoms with E-state index in [2.05, 4.69) is 40.4 Å². The minimum atomic E-state index is -2.11. The summed E-state index contributed by atoms with van der Waals surface area (Å²) >= 11 is 0. The van der Waals surface area contributed by atoms with Crippen molar-refractivity contribution in [3.8, 4) is 0 Å². The van der Waals surface area contributed by atoms with Crippen molar-refractivity contribution < 1.29 is 19.1 Å². The van der Waals surface area contributed by atoms with E-state index in [-0.39, 0.29) is 35.2 Å². The Bertz CT molecular complexity index is 555. The molecule has 0 aliphatic heterocycles. The second-order valence-electron chi connectivity index (χ2n) is 10.7. The number of carboxylic acid groups (broad SMARTS) is 1. The number of aliphatic carboxylic acids is 1. The van der Waals surface area contributed by atoms with E-state index in [0.717, 1.165) is 0 Å². The third-order valence-electron chi connectivity index (χ3n) is 6.67. The maximum Gasteiger partial charge on any atom is 0.303 e. The smallest absolute Gasteiger partial charge is 0.303 e. The largest absolute Gasteiger partial charge is 0.481 e. The summed E-state index contributed by atoms with van der Waals surface area (Å²) in [5, 5.41) is 9.19. The molecule has 158 valence electrons. The summed E-state index contributed by atoms with van der Waals surface area (Å²) < 4.78 is 6.73. The van der Waals surface area contributed by atoms with E-state index in [9.17, 15) is 9.59 Å². The van der Waals surface area contributed by atoms with Crippen molar-refractivity contribution in [3.05, 3.63) is 12.7 Å². The van der Waals surface area contributed by atoms with E-state index in [4.69, 9.17) is 9.53 Å². The van der Waals surface area contributed by atoms with Gasteiger partial charge in [-0.2, -0.15) is 0 Å². The Hall–Kier alpha value is -0.943. The first-order valence-electron chi connectivity index (χ1n) is 9.89. The first-order chi connectivity index (χ1) is 11.8. The second-order valence-corrected chi connectivity index (χ2v) is 15.4. The van der Waals surface area contributed by atoms with Gasteiger partial charge in [0, 0.05) is 17.3 Å². The fraction of sp³-hybridized carbons (Fsp3) is 0.818. The highest BCUT2D eigenvalue weighted by atomic mass is 28.4. The minimum absolute atomic E-state index is 0.00338. The number of hydrogen-bond acceptors (Lipinski definition) is 3. The SMILES string of the molecule is C=C[C@H](C)C(O[Si](C)(C)C(C)(C)C)C(C)(C)C(=O)C(C)(C)[C@@H](C)CC(=O)O. The van der Waals surface area contributed by atoms with Crippen molar-refractivity contribution in [2.75, 3.05) is 0 Å². The number of Topliss-reactive ketones (excluding diaryl/α,β-unsaturated/α-hetero) is 1. The number of carbonyl (C=O) groups is 2. The van der Waals surface area contributed by atoms with Crippen molar-refractivity contribution in [3.63, 3.8) is 0 Å². The van der Waals surface area contributed by atoms with Crippen LogP contribution in [-0.2, 0) is 14.0 Å². The fourth-order valence-electron chi connectivity index (χ4n) is 3.23. The van der Waals surface area contributed by atoms with Crippen LogP contribution < -0.4 is 0 Å². The molecule has 0 bridgehead atoms. The van der Waals surface area contributed by atoms with Crippen LogP contribution in [0.25, 0.3) is 0 Å². The lowest BCUT2D eigenvalue weighted by molar-refractivity contribution is -0.147. The van der Waals surface area contributed by atoms with Crippen molar-refractivity contribution in [2.24, 2.45) is 22.7 Å². The van der Waals surface area contributed by atoms with Gasteiger partial charge < -0.3 is 9.53 Å². The Kier molecular flexibility index (Phi) is 8.30. The van der Waals surface area contributed by atoms with Crippen molar-refractivity contribution in [2.45, 2.75) is 93.0 Å². The molecule has 0 spiro atoms. The van der Waals surface area contributed by atoms with Gasteiger partial charge in [0.2, 0.25) is 0 Å². The Morgan fingerprint density at radius 3 is 1.81 bits per heavy atom. The lowest BCUT2D eigenvalue weighted by atomic mass is 9.63. The standard InChI is InChI=1S/C22H42O4Si/c1-13-15(2)18(26-27(11,12)20(4,5)6)22(9,10)19(25)21(7,8)16(3)14-17(23)24/h13,15-16,18H,1,14H2,2-12H3,(H,23,24)/t15-,16-,18?/m0/s1. The van der Waals surface area contributed by atoms with E-state index in [0.29, 0.717) is 0 Å². The van der Waals surface area contributed by atoms with Gasteiger partial charge in [0.15, 0.2) is 8.32 Å². The lowest BCUT2D eigenvalue weighted by Crippen LogP contribution is -2.55. The van der Waals surface area contributed by atoms with Gasteiger partial charge in [-0.15, -0.1) is 6.58 Å². The molecule has 1 unspecified atom stereocenters. The predicted molar refractivity (Wildman–Crippen MR) is 115 cm³/mol. The van der Waals surface area contributed by atoms with Crippen LogP contribution in [0.15, 0.2) is 12.7 Å². The number of ketones is 1. The number of rotatable bonds is 10. The van der Waals surface area contributed by atoms with Crippen LogP contribution in [0.1, 0.15) is 68.7 Å². The maximum absolute atomic E-state index is 13.6. The molecule has 0 aliphatic carbocycles. The van der Waals surface area contributed by atoms with Gasteiger partial charge in [-0.05, 0) is 30.0 Å². The summed E-state index contributed by atoms with van der Waals surface area (Å²) in [5.74, 6) is -1.10. The molecule has 0 aromatic carbocycles. The van der Waals surface area contributed by atoms with E-state index >= 15 is 0 Å². The molecule has 0 rings (SSSR count). The van der Waals surface area contributed by atoms with Crippen molar-refractivity contribution >= 4 is 20.1 Å². The molecule has 5 heteroatoms. The highest BCUT2D eigenvalue weighted by molar-refractivity contribution is 6.74. The molecule has 0 aromatic rings. The summed E-state index contributed by atoms with van der Waals surface area (Å²) in [6.45, 7) is 26.3. The molecule has 0 fully saturated rings. The average Bonchev–Trinajstić information content (AvgIpc) is 2.48. The normalized spacial score (nSPS) is 17.1. The summed E-state index contributed by atoms with van der Waals surface area (Å²) in [4.78, 5) is 24.8. The summed E-state index contributed by atoms with van der Waals surface area (Å²) in [7, 11) is -2.11. The van der Waals surface area contributed by atoms with E-state index in [1.165, 1.54) is 0 Å². The van der Waals surface area contributed by atoms with Crippen LogP contribution >= 0.6 is 0 Å². The lowest BCUT2D eigenvalue weighted by Gasteiger charge is -2.48. The summed E-state index contributed by atoms with van der Waals surface area (Å²) in [5.41, 5.74) is -1.53. The molecular formula is C22H42O4Si. The Labute approximate surface area is 167 Å². The maximum atomic E-state index is 13.6. The molecule has 0 radical (unpaired) electrons. The van der Waals surface area contributed by atoms with Crippen LogP contribution in [0, 0.1) is 22.7 Å². The van der Waals surface area contributed by atoms with Gasteiger partial charge in [-0.3, -0.25) is 9.59 Å². The van der Waals surface area contributed by atoms with E-state index < -0.39 is 25.1 Å². The molecule has 0 amide bonds. The van der Waals surface area contributed by atoms with E-state index in [1.807, 2.05) is 47.6 Å². The number of hydrogen-bond donors (Lipinski definition) is 1. The topological polar surface area (TPSA) is 63.6 Å². The van der Waals surface area contributed by atoms with Crippen LogP contribution in [-0.4, -0.2) is 31.3 Å². The molecule has 1 N–H and O–H groups in total. The van der Waals surface area contributed by atoms with Gasteiger partial charge in [0.1, 0.15) is 5.78 Å². The minimum Gasteiger partial charge on any atom is -0.481 e. The highest BCUT2D eigenvalue weighted by Gasteiger charge is 2.51. The van der Waals surface area contributed by atoms with Gasteiger partial charge in [-0.1, -0.05) is 68.4 Å². The Morgan fingerprint density at radius 1 is 1.04 bits per heavy atom. The fourth-order valence-corrected chi connectivity index (χ4v) is 4.73. The van der Waals surface area contributed by atoms with Gasteiger partial charge >= 0.3 is 5.97 Å². The molecule has 27 heavy (non-hydrogen) atoms. The van der Waals surface area contributed by atoms with Crippen LogP contribution in [0.4, 0.5) is 0 Å². The zero-order chi connectivity index (χ0) is 22.0. The predicted octanol–water partition coefficient (Wildman–Crippen LogP) is 5.93. The zero-order valence-electron chi connectivity index (χ0n) is 19.4. The highest BCUT2D eigenvalue weighted by Crippen LogP contribution is 2.45. The summed E-state index contributed by atoms with van der Waals surface area (Å²) in [6, 6.07) is 0. The molecule has 3 atom stereocenters. The third-order valence-corrected chi connectivity index (χ3v) is 11.1. The van der Waals surface area contributed by atoms with Gasteiger partial charge in [-0.25, -0.2) is 0 Å². The molecule has 0 heterocycles. The third kappa shape index (κ3) is 6.02. The van der Waals surface area contributed by atoms with Crippen LogP contribution in [0.5, 0.6) is 0 Å². The average molecular weight is 399 g/mol. The monoisotopic (exact) mass is 398 g/mol. The molecular weight excluding hydrogens is 356 g/mol. The molecule has 0 aliphatic rings.